The van der Waals surface area contributed by atoms with Crippen molar-refractivity contribution in [1.82, 2.24) is 9.88 Å². The van der Waals surface area contributed by atoms with Crippen LogP contribution < -0.4 is 4.90 Å². The third-order valence-electron chi connectivity index (χ3n) is 6.02. The molecular formula is C20H31N3O2. The van der Waals surface area contributed by atoms with E-state index in [-0.39, 0.29) is 17.5 Å². The summed E-state index contributed by atoms with van der Waals surface area (Å²) in [6, 6.07) is 6.09. The van der Waals surface area contributed by atoms with Gasteiger partial charge in [0.15, 0.2) is 0 Å². The van der Waals surface area contributed by atoms with E-state index in [0.29, 0.717) is 0 Å². The fourth-order valence-corrected chi connectivity index (χ4v) is 4.11. The van der Waals surface area contributed by atoms with Gasteiger partial charge in [-0.2, -0.15) is 0 Å². The zero-order valence-electron chi connectivity index (χ0n) is 15.6. The second-order valence-electron chi connectivity index (χ2n) is 7.38. The van der Waals surface area contributed by atoms with Crippen LogP contribution in [-0.4, -0.2) is 54.7 Å². The Hall–Kier alpha value is -1.62. The third-order valence-corrected chi connectivity index (χ3v) is 6.02. The highest BCUT2D eigenvalue weighted by Gasteiger charge is 2.45. The highest BCUT2D eigenvalue weighted by Crippen LogP contribution is 2.41. The van der Waals surface area contributed by atoms with Crippen molar-refractivity contribution >= 4 is 11.8 Å². The molecule has 1 atom stereocenters. The summed E-state index contributed by atoms with van der Waals surface area (Å²) in [6.45, 7) is 9.52. The first kappa shape index (κ1) is 18.2. The first-order chi connectivity index (χ1) is 12.2. The maximum atomic E-state index is 12.2. The fraction of sp³-hybridized carbons (Fsp3) is 0.700. The minimum Gasteiger partial charge on any atom is -0.462 e. The van der Waals surface area contributed by atoms with Crippen molar-refractivity contribution in [2.75, 3.05) is 37.6 Å². The number of ether oxygens (including phenoxy) is 1. The van der Waals surface area contributed by atoms with Gasteiger partial charge in [-0.25, -0.2) is 4.98 Å². The van der Waals surface area contributed by atoms with Crippen LogP contribution in [0.5, 0.6) is 0 Å². The molecule has 0 bridgehead atoms. The van der Waals surface area contributed by atoms with E-state index in [9.17, 15) is 4.79 Å². The van der Waals surface area contributed by atoms with Crippen molar-refractivity contribution in [2.24, 2.45) is 5.41 Å². The lowest BCUT2D eigenvalue weighted by Gasteiger charge is -2.35. The Morgan fingerprint density at radius 3 is 2.56 bits per heavy atom. The molecular weight excluding hydrogens is 314 g/mol. The minimum absolute atomic E-state index is 0.0338. The molecule has 0 saturated carbocycles. The lowest BCUT2D eigenvalue weighted by Crippen LogP contribution is -2.47. The number of aromatic nitrogens is 1. The first-order valence-electron chi connectivity index (χ1n) is 9.76. The van der Waals surface area contributed by atoms with Crippen LogP contribution in [0.15, 0.2) is 24.4 Å². The topological polar surface area (TPSA) is 45.7 Å². The monoisotopic (exact) mass is 345 g/mol. The molecule has 138 valence electrons. The van der Waals surface area contributed by atoms with E-state index in [1.165, 1.54) is 0 Å². The molecule has 2 aliphatic heterocycles. The number of pyridine rings is 1. The summed E-state index contributed by atoms with van der Waals surface area (Å²) >= 11 is 0. The molecule has 0 N–H and O–H groups in total. The average Bonchev–Trinajstić information content (AvgIpc) is 2.99. The van der Waals surface area contributed by atoms with Crippen LogP contribution in [-0.2, 0) is 9.53 Å². The summed E-state index contributed by atoms with van der Waals surface area (Å²) in [5.74, 6) is 1.11. The van der Waals surface area contributed by atoms with Crippen LogP contribution in [0, 0.1) is 5.41 Å². The van der Waals surface area contributed by atoms with Gasteiger partial charge in [0.1, 0.15) is 11.9 Å². The van der Waals surface area contributed by atoms with Crippen molar-refractivity contribution in [3.05, 3.63) is 24.4 Å². The zero-order chi connectivity index (χ0) is 17.7. The molecule has 3 heterocycles. The Bertz CT molecular complexity index is 551. The highest BCUT2D eigenvalue weighted by molar-refractivity contribution is 5.78. The van der Waals surface area contributed by atoms with E-state index in [1.807, 2.05) is 18.3 Å². The molecule has 0 aromatic carbocycles. The molecule has 2 fully saturated rings. The predicted molar refractivity (Wildman–Crippen MR) is 99.6 cm³/mol. The van der Waals surface area contributed by atoms with E-state index in [2.05, 4.69) is 34.7 Å². The molecule has 3 rings (SSSR count). The van der Waals surface area contributed by atoms with Gasteiger partial charge in [0.2, 0.25) is 0 Å². The summed E-state index contributed by atoms with van der Waals surface area (Å²) in [5, 5.41) is 0. The largest absolute Gasteiger partial charge is 0.462 e. The molecule has 1 aromatic heterocycles. The van der Waals surface area contributed by atoms with Gasteiger partial charge in [-0.05, 0) is 44.4 Å². The van der Waals surface area contributed by atoms with Crippen LogP contribution in [0.2, 0.25) is 0 Å². The zero-order valence-corrected chi connectivity index (χ0v) is 15.6. The standard InChI is InChI=1S/C20H31N3O2/c1-3-20(4-2)16-17(25-19(20)24)8-7-11-22-12-14-23(15-13-22)18-9-5-6-10-21-18/h5-6,9-10,17H,3-4,7-8,11-16H2,1-2H3/t17-/m1/s1. The Morgan fingerprint density at radius 1 is 1.20 bits per heavy atom. The van der Waals surface area contributed by atoms with Gasteiger partial charge in [-0.15, -0.1) is 0 Å². The number of hydrogen-bond donors (Lipinski definition) is 0. The summed E-state index contributed by atoms with van der Waals surface area (Å²) in [6.07, 6.45) is 6.78. The molecule has 0 amide bonds. The van der Waals surface area contributed by atoms with Gasteiger partial charge in [0.05, 0.1) is 5.41 Å². The van der Waals surface area contributed by atoms with Crippen molar-refractivity contribution in [3.8, 4) is 0 Å². The van der Waals surface area contributed by atoms with Gasteiger partial charge >= 0.3 is 5.97 Å². The third kappa shape index (κ3) is 4.14. The quantitative estimate of drug-likeness (QED) is 0.711. The van der Waals surface area contributed by atoms with Crippen LogP contribution in [0.3, 0.4) is 0 Å². The summed E-state index contributed by atoms with van der Waals surface area (Å²) < 4.78 is 5.65. The maximum absolute atomic E-state index is 12.2. The first-order valence-corrected chi connectivity index (χ1v) is 9.76. The van der Waals surface area contributed by atoms with Crippen molar-refractivity contribution in [3.63, 3.8) is 0 Å². The van der Waals surface area contributed by atoms with E-state index >= 15 is 0 Å². The number of carbonyl (C=O) groups excluding carboxylic acids is 1. The Morgan fingerprint density at radius 2 is 1.96 bits per heavy atom. The predicted octanol–water partition coefficient (Wildman–Crippen LogP) is 3.11. The van der Waals surface area contributed by atoms with Gasteiger partial charge in [0, 0.05) is 38.8 Å². The molecule has 1 aromatic rings. The molecule has 0 aliphatic carbocycles. The van der Waals surface area contributed by atoms with Crippen LogP contribution >= 0.6 is 0 Å². The van der Waals surface area contributed by atoms with Crippen LogP contribution in [0.25, 0.3) is 0 Å². The Kier molecular flexibility index (Phi) is 5.94. The number of piperazine rings is 1. The van der Waals surface area contributed by atoms with Crippen LogP contribution in [0.4, 0.5) is 5.82 Å². The lowest BCUT2D eigenvalue weighted by molar-refractivity contribution is -0.149. The summed E-state index contributed by atoms with van der Waals surface area (Å²) in [7, 11) is 0. The second-order valence-corrected chi connectivity index (χ2v) is 7.38. The fourth-order valence-electron chi connectivity index (χ4n) is 4.11. The van der Waals surface area contributed by atoms with E-state index in [0.717, 1.165) is 70.6 Å². The average molecular weight is 345 g/mol. The highest BCUT2D eigenvalue weighted by atomic mass is 16.6. The van der Waals surface area contributed by atoms with E-state index in [1.54, 1.807) is 0 Å². The second kappa shape index (κ2) is 8.17. The molecule has 25 heavy (non-hydrogen) atoms. The number of anilines is 1. The SMILES string of the molecule is CCC1(CC)C[C@@H](CCCN2CCN(c3ccccn3)CC2)OC1=O. The number of rotatable bonds is 7. The molecule has 0 unspecified atom stereocenters. The molecule has 5 heteroatoms. The lowest BCUT2D eigenvalue weighted by atomic mass is 9.79. The van der Waals surface area contributed by atoms with Gasteiger partial charge in [0.25, 0.3) is 0 Å². The van der Waals surface area contributed by atoms with Crippen LogP contribution in [0.1, 0.15) is 46.0 Å². The number of hydrogen-bond acceptors (Lipinski definition) is 5. The Labute approximate surface area is 151 Å². The van der Waals surface area contributed by atoms with Crippen molar-refractivity contribution in [2.45, 2.75) is 52.1 Å². The molecule has 2 saturated heterocycles. The normalized spacial score (nSPS) is 23.7. The van der Waals surface area contributed by atoms with Crippen molar-refractivity contribution < 1.29 is 9.53 Å². The number of cyclic esters (lactones) is 1. The van der Waals surface area contributed by atoms with E-state index in [4.69, 9.17) is 4.74 Å². The number of carbonyl (C=O) groups is 1. The summed E-state index contributed by atoms with van der Waals surface area (Å²) in [5.41, 5.74) is -0.209. The molecule has 0 spiro atoms. The smallest absolute Gasteiger partial charge is 0.312 e. The maximum Gasteiger partial charge on any atom is 0.312 e. The van der Waals surface area contributed by atoms with E-state index < -0.39 is 0 Å². The van der Waals surface area contributed by atoms with Gasteiger partial charge in [-0.3, -0.25) is 9.69 Å². The molecule has 2 aliphatic rings. The minimum atomic E-state index is -0.209. The van der Waals surface area contributed by atoms with Gasteiger partial charge < -0.3 is 9.64 Å². The molecule has 5 nitrogen and oxygen atoms in total. The van der Waals surface area contributed by atoms with Crippen molar-refractivity contribution in [1.29, 1.82) is 0 Å². The summed E-state index contributed by atoms with van der Waals surface area (Å²) in [4.78, 5) is 21.5. The number of esters is 1. The number of nitrogens with zero attached hydrogens (tertiary/aromatic N) is 3. The Balaban J connectivity index is 1.38. The van der Waals surface area contributed by atoms with Gasteiger partial charge in [-0.1, -0.05) is 19.9 Å². The molecule has 0 radical (unpaired) electrons.